The van der Waals surface area contributed by atoms with E-state index in [9.17, 15) is 0 Å². The molecule has 1 aliphatic heterocycles. The number of hydrogen-bond donors (Lipinski definition) is 1. The van der Waals surface area contributed by atoms with Crippen LogP contribution in [0.2, 0.25) is 0 Å². The summed E-state index contributed by atoms with van der Waals surface area (Å²) >= 11 is 3.47. The van der Waals surface area contributed by atoms with E-state index < -0.39 is 5.54 Å². The molecule has 0 atom stereocenters. The van der Waals surface area contributed by atoms with Gasteiger partial charge in [0.1, 0.15) is 0 Å². The largest absolute Gasteiger partial charge is 0.489 e. The van der Waals surface area contributed by atoms with Crippen LogP contribution in [0, 0.1) is 0 Å². The zero-order valence-corrected chi connectivity index (χ0v) is 11.1. The quantitative estimate of drug-likeness (QED) is 0.863. The zero-order valence-electron chi connectivity index (χ0n) is 9.55. The second-order valence-corrected chi connectivity index (χ2v) is 5.38. The first kappa shape index (κ1) is 11.7. The Morgan fingerprint density at radius 2 is 1.81 bits per heavy atom. The van der Waals surface area contributed by atoms with Crippen molar-refractivity contribution in [1.29, 1.82) is 0 Å². The van der Waals surface area contributed by atoms with Gasteiger partial charge in [0.2, 0.25) is 0 Å². The van der Waals surface area contributed by atoms with E-state index in [4.69, 9.17) is 15.2 Å². The van der Waals surface area contributed by atoms with Crippen molar-refractivity contribution in [2.45, 2.75) is 25.8 Å². The van der Waals surface area contributed by atoms with Crippen LogP contribution in [0.4, 0.5) is 0 Å². The van der Waals surface area contributed by atoms with Crippen LogP contribution in [-0.4, -0.2) is 13.2 Å². The van der Waals surface area contributed by atoms with E-state index >= 15 is 0 Å². The SMILES string of the molecule is CC(C)(N)c1ccc(Br)c2c1OCCCO2. The topological polar surface area (TPSA) is 44.5 Å². The first-order chi connectivity index (χ1) is 7.50. The van der Waals surface area contributed by atoms with Gasteiger partial charge in [0.05, 0.1) is 17.7 Å². The van der Waals surface area contributed by atoms with Crippen LogP contribution in [0.15, 0.2) is 16.6 Å². The highest BCUT2D eigenvalue weighted by atomic mass is 79.9. The molecule has 2 rings (SSSR count). The first-order valence-electron chi connectivity index (χ1n) is 5.37. The van der Waals surface area contributed by atoms with E-state index in [2.05, 4.69) is 15.9 Å². The molecule has 0 unspecified atom stereocenters. The summed E-state index contributed by atoms with van der Waals surface area (Å²) in [5.74, 6) is 1.55. The van der Waals surface area contributed by atoms with E-state index in [0.29, 0.717) is 13.2 Å². The molecule has 0 fully saturated rings. The standard InChI is InChI=1S/C12H16BrNO2/c1-12(2,14)8-4-5-9(13)11-10(8)15-6-3-7-16-11/h4-5H,3,6-7,14H2,1-2H3. The molecular weight excluding hydrogens is 270 g/mol. The highest BCUT2D eigenvalue weighted by molar-refractivity contribution is 9.10. The number of nitrogens with two attached hydrogens (primary N) is 1. The molecule has 0 saturated carbocycles. The molecule has 0 spiro atoms. The summed E-state index contributed by atoms with van der Waals surface area (Å²) in [7, 11) is 0. The van der Waals surface area contributed by atoms with Crippen molar-refractivity contribution in [3.05, 3.63) is 22.2 Å². The molecule has 88 valence electrons. The Bertz CT molecular complexity index is 399. The van der Waals surface area contributed by atoms with Crippen LogP contribution in [-0.2, 0) is 5.54 Å². The maximum absolute atomic E-state index is 6.13. The van der Waals surface area contributed by atoms with E-state index in [1.807, 2.05) is 26.0 Å². The Hall–Kier alpha value is -0.740. The van der Waals surface area contributed by atoms with Crippen LogP contribution in [0.3, 0.4) is 0 Å². The summed E-state index contributed by atoms with van der Waals surface area (Å²) in [4.78, 5) is 0. The van der Waals surface area contributed by atoms with Crippen LogP contribution < -0.4 is 15.2 Å². The summed E-state index contributed by atoms with van der Waals surface area (Å²) in [5.41, 5.74) is 6.68. The summed E-state index contributed by atoms with van der Waals surface area (Å²) in [6.07, 6.45) is 0.894. The van der Waals surface area contributed by atoms with E-state index in [1.54, 1.807) is 0 Å². The molecule has 1 aliphatic rings. The predicted molar refractivity (Wildman–Crippen MR) is 67.0 cm³/mol. The molecule has 0 saturated heterocycles. The zero-order chi connectivity index (χ0) is 11.8. The molecule has 1 aromatic rings. The van der Waals surface area contributed by atoms with Crippen LogP contribution >= 0.6 is 15.9 Å². The lowest BCUT2D eigenvalue weighted by Gasteiger charge is -2.23. The molecule has 0 aromatic heterocycles. The number of hydrogen-bond acceptors (Lipinski definition) is 3. The number of halogens is 1. The lowest BCUT2D eigenvalue weighted by atomic mass is 9.94. The lowest BCUT2D eigenvalue weighted by Crippen LogP contribution is -2.29. The summed E-state index contributed by atoms with van der Waals surface area (Å²) in [5, 5.41) is 0. The van der Waals surface area contributed by atoms with Gasteiger partial charge in [0.15, 0.2) is 11.5 Å². The Labute approximate surface area is 104 Å². The minimum absolute atomic E-state index is 0.432. The smallest absolute Gasteiger partial charge is 0.175 e. The van der Waals surface area contributed by atoms with Crippen LogP contribution in [0.1, 0.15) is 25.8 Å². The highest BCUT2D eigenvalue weighted by Crippen LogP contribution is 2.42. The molecule has 4 heteroatoms. The van der Waals surface area contributed by atoms with E-state index in [-0.39, 0.29) is 0 Å². The van der Waals surface area contributed by atoms with Gasteiger partial charge in [-0.2, -0.15) is 0 Å². The fourth-order valence-electron chi connectivity index (χ4n) is 1.73. The second-order valence-electron chi connectivity index (χ2n) is 4.53. The third kappa shape index (κ3) is 2.18. The Balaban J connectivity index is 2.56. The molecule has 1 aromatic carbocycles. The minimum atomic E-state index is -0.432. The van der Waals surface area contributed by atoms with Gasteiger partial charge in [0.25, 0.3) is 0 Å². The number of fused-ring (bicyclic) bond motifs is 1. The third-order valence-corrected chi connectivity index (χ3v) is 3.16. The van der Waals surface area contributed by atoms with Crippen molar-refractivity contribution < 1.29 is 9.47 Å². The van der Waals surface area contributed by atoms with Crippen molar-refractivity contribution in [3.63, 3.8) is 0 Å². The summed E-state index contributed by atoms with van der Waals surface area (Å²) < 4.78 is 12.4. The molecule has 1 heterocycles. The van der Waals surface area contributed by atoms with Gasteiger partial charge >= 0.3 is 0 Å². The summed E-state index contributed by atoms with van der Waals surface area (Å²) in [6, 6.07) is 3.94. The predicted octanol–water partition coefficient (Wildman–Crippen LogP) is 2.80. The Kier molecular flexibility index (Phi) is 3.13. The van der Waals surface area contributed by atoms with Crippen molar-refractivity contribution in [1.82, 2.24) is 0 Å². The highest BCUT2D eigenvalue weighted by Gasteiger charge is 2.25. The molecule has 0 amide bonds. The maximum Gasteiger partial charge on any atom is 0.175 e. The third-order valence-electron chi connectivity index (χ3n) is 2.54. The van der Waals surface area contributed by atoms with Crippen molar-refractivity contribution in [2.75, 3.05) is 13.2 Å². The van der Waals surface area contributed by atoms with E-state index in [0.717, 1.165) is 28.0 Å². The van der Waals surface area contributed by atoms with Crippen molar-refractivity contribution in [2.24, 2.45) is 5.73 Å². The van der Waals surface area contributed by atoms with Gasteiger partial charge in [0, 0.05) is 17.5 Å². The molecule has 0 aliphatic carbocycles. The average Bonchev–Trinajstić information content (AvgIpc) is 2.42. The molecule has 2 N–H and O–H groups in total. The van der Waals surface area contributed by atoms with Gasteiger partial charge in [-0.3, -0.25) is 0 Å². The van der Waals surface area contributed by atoms with Gasteiger partial charge in [-0.25, -0.2) is 0 Å². The molecule has 0 bridgehead atoms. The normalized spacial score (nSPS) is 15.8. The van der Waals surface area contributed by atoms with Gasteiger partial charge in [-0.1, -0.05) is 6.07 Å². The van der Waals surface area contributed by atoms with E-state index in [1.165, 1.54) is 0 Å². The molecular formula is C12H16BrNO2. The summed E-state index contributed by atoms with van der Waals surface area (Å²) in [6.45, 7) is 5.28. The second kappa shape index (κ2) is 4.26. The van der Waals surface area contributed by atoms with Gasteiger partial charge < -0.3 is 15.2 Å². The molecule has 0 radical (unpaired) electrons. The van der Waals surface area contributed by atoms with Crippen molar-refractivity contribution >= 4 is 15.9 Å². The van der Waals surface area contributed by atoms with Gasteiger partial charge in [-0.05, 0) is 35.8 Å². The molecule has 16 heavy (non-hydrogen) atoms. The lowest BCUT2D eigenvalue weighted by molar-refractivity contribution is 0.294. The first-order valence-corrected chi connectivity index (χ1v) is 6.17. The fraction of sp³-hybridized carbons (Fsp3) is 0.500. The number of benzene rings is 1. The van der Waals surface area contributed by atoms with Gasteiger partial charge in [-0.15, -0.1) is 0 Å². The van der Waals surface area contributed by atoms with Crippen molar-refractivity contribution in [3.8, 4) is 11.5 Å². The molecule has 3 nitrogen and oxygen atoms in total. The maximum atomic E-state index is 6.13. The number of ether oxygens (including phenoxy) is 2. The minimum Gasteiger partial charge on any atom is -0.489 e. The average molecular weight is 286 g/mol. The van der Waals surface area contributed by atoms with Crippen LogP contribution in [0.5, 0.6) is 11.5 Å². The fourth-order valence-corrected chi connectivity index (χ4v) is 2.16. The van der Waals surface area contributed by atoms with Crippen LogP contribution in [0.25, 0.3) is 0 Å². The Morgan fingerprint density at radius 1 is 1.19 bits per heavy atom. The Morgan fingerprint density at radius 3 is 2.44 bits per heavy atom. The number of rotatable bonds is 1. The monoisotopic (exact) mass is 285 g/mol.